The number of hydrogen-bond acceptors (Lipinski definition) is 3. The van der Waals surface area contributed by atoms with Gasteiger partial charge in [-0.05, 0) is 48.6 Å². The maximum absolute atomic E-state index is 12.3. The molecule has 3 nitrogen and oxygen atoms in total. The summed E-state index contributed by atoms with van der Waals surface area (Å²) < 4.78 is 29.9. The molecule has 0 fully saturated rings. The second-order valence-corrected chi connectivity index (χ2v) is 8.13. The van der Waals surface area contributed by atoms with Gasteiger partial charge in [0.15, 0.2) is 0 Å². The van der Waals surface area contributed by atoms with Crippen LogP contribution in [0.1, 0.15) is 37.5 Å². The van der Waals surface area contributed by atoms with Crippen LogP contribution in [0.25, 0.3) is 0 Å². The quantitative estimate of drug-likeness (QED) is 0.789. The highest BCUT2D eigenvalue weighted by atomic mass is 32.2. The van der Waals surface area contributed by atoms with E-state index >= 15 is 0 Å². The molecule has 22 heavy (non-hydrogen) atoms. The molecule has 0 amide bonds. The molecule has 0 aliphatic heterocycles. The van der Waals surface area contributed by atoms with Gasteiger partial charge in [-0.2, -0.15) is 8.42 Å². The smallest absolute Gasteiger partial charge is 0.339 e. The Morgan fingerprint density at radius 2 is 1.50 bits per heavy atom. The Balaban J connectivity index is 2.32. The molecule has 0 aliphatic rings. The van der Waals surface area contributed by atoms with Crippen LogP contribution in [0.4, 0.5) is 0 Å². The number of rotatable bonds is 3. The van der Waals surface area contributed by atoms with Gasteiger partial charge in [-0.3, -0.25) is 0 Å². The summed E-state index contributed by atoms with van der Waals surface area (Å²) in [5.41, 5.74) is 2.97. The van der Waals surface area contributed by atoms with E-state index in [2.05, 4.69) is 20.8 Å². The lowest BCUT2D eigenvalue weighted by Gasteiger charge is -2.20. The zero-order valence-corrected chi connectivity index (χ0v) is 14.5. The number of hydrogen-bond donors (Lipinski definition) is 0. The summed E-state index contributed by atoms with van der Waals surface area (Å²) in [6, 6.07) is 12.2. The molecule has 0 N–H and O–H groups in total. The lowest BCUT2D eigenvalue weighted by molar-refractivity contribution is 0.483. The van der Waals surface area contributed by atoms with Crippen molar-refractivity contribution in [2.45, 2.75) is 44.9 Å². The zero-order valence-electron chi connectivity index (χ0n) is 13.7. The van der Waals surface area contributed by atoms with Gasteiger partial charge in [0.2, 0.25) is 0 Å². The van der Waals surface area contributed by atoms with Crippen molar-refractivity contribution in [1.29, 1.82) is 0 Å². The highest BCUT2D eigenvalue weighted by Crippen LogP contribution is 2.29. The van der Waals surface area contributed by atoms with Crippen LogP contribution >= 0.6 is 0 Å². The molecular weight excluding hydrogens is 296 g/mol. The molecule has 0 aliphatic carbocycles. The summed E-state index contributed by atoms with van der Waals surface area (Å²) in [4.78, 5) is 0.164. The number of benzene rings is 2. The molecule has 2 aromatic rings. The van der Waals surface area contributed by atoms with Crippen LogP contribution < -0.4 is 4.18 Å². The Labute approximate surface area is 133 Å². The lowest BCUT2D eigenvalue weighted by Crippen LogP contribution is -2.13. The van der Waals surface area contributed by atoms with Crippen molar-refractivity contribution >= 4 is 10.1 Å². The van der Waals surface area contributed by atoms with Gasteiger partial charge in [0, 0.05) is 0 Å². The van der Waals surface area contributed by atoms with E-state index in [1.54, 1.807) is 30.3 Å². The van der Waals surface area contributed by atoms with Crippen molar-refractivity contribution in [3.8, 4) is 5.75 Å². The molecule has 0 saturated carbocycles. The summed E-state index contributed by atoms with van der Waals surface area (Å²) in [5, 5.41) is 0. The van der Waals surface area contributed by atoms with Gasteiger partial charge in [-0.15, -0.1) is 0 Å². The van der Waals surface area contributed by atoms with Crippen LogP contribution in [-0.4, -0.2) is 8.42 Å². The third-order valence-corrected chi connectivity index (χ3v) is 4.80. The topological polar surface area (TPSA) is 43.4 Å². The Morgan fingerprint density at radius 1 is 0.909 bits per heavy atom. The predicted octanol–water partition coefficient (Wildman–Crippen LogP) is 4.37. The van der Waals surface area contributed by atoms with E-state index in [0.717, 1.165) is 16.7 Å². The minimum Gasteiger partial charge on any atom is -0.379 e. The highest BCUT2D eigenvalue weighted by Gasteiger charge is 2.19. The van der Waals surface area contributed by atoms with Crippen LogP contribution in [0.3, 0.4) is 0 Å². The second kappa shape index (κ2) is 5.76. The van der Waals surface area contributed by atoms with Gasteiger partial charge in [0.05, 0.1) is 0 Å². The Bertz CT molecular complexity index is 767. The summed E-state index contributed by atoms with van der Waals surface area (Å²) in [5.74, 6) is 0.369. The SMILES string of the molecule is Cc1ccc(S(=O)(=O)Oc2ccc(C(C)(C)C)cc2C)cc1. The monoisotopic (exact) mass is 318 g/mol. The minimum absolute atomic E-state index is 0.0130. The van der Waals surface area contributed by atoms with Crippen LogP contribution in [-0.2, 0) is 15.5 Å². The van der Waals surface area contributed by atoms with Crippen LogP contribution in [0.15, 0.2) is 47.4 Å². The Hall–Kier alpha value is -1.81. The van der Waals surface area contributed by atoms with Crippen molar-refractivity contribution in [1.82, 2.24) is 0 Å². The predicted molar refractivity (Wildman–Crippen MR) is 88.9 cm³/mol. The molecule has 2 aromatic carbocycles. The van der Waals surface area contributed by atoms with Crippen molar-refractivity contribution in [2.75, 3.05) is 0 Å². The van der Waals surface area contributed by atoms with E-state index in [9.17, 15) is 8.42 Å². The van der Waals surface area contributed by atoms with Crippen molar-refractivity contribution in [3.05, 3.63) is 59.2 Å². The zero-order chi connectivity index (χ0) is 16.5. The Kier molecular flexibility index (Phi) is 4.34. The van der Waals surface area contributed by atoms with E-state index in [4.69, 9.17) is 4.18 Å². The fraction of sp³-hybridized carbons (Fsp3) is 0.333. The maximum Gasteiger partial charge on any atom is 0.339 e. The van der Waals surface area contributed by atoms with Crippen LogP contribution in [0.2, 0.25) is 0 Å². The van der Waals surface area contributed by atoms with E-state index < -0.39 is 10.1 Å². The molecular formula is C18H22O3S. The molecule has 0 spiro atoms. The molecule has 2 rings (SSSR count). The van der Waals surface area contributed by atoms with Gasteiger partial charge in [0.25, 0.3) is 0 Å². The molecule has 0 atom stereocenters. The van der Waals surface area contributed by atoms with Crippen molar-refractivity contribution < 1.29 is 12.6 Å². The first-order valence-corrected chi connectivity index (χ1v) is 8.63. The lowest BCUT2D eigenvalue weighted by atomic mass is 9.86. The molecule has 0 unspecified atom stereocenters. The summed E-state index contributed by atoms with van der Waals surface area (Å²) >= 11 is 0. The minimum atomic E-state index is -3.80. The summed E-state index contributed by atoms with van der Waals surface area (Å²) in [6.07, 6.45) is 0. The average Bonchev–Trinajstić information content (AvgIpc) is 2.40. The van der Waals surface area contributed by atoms with Gasteiger partial charge in [-0.1, -0.05) is 50.6 Å². The molecule has 4 heteroatoms. The number of aryl methyl sites for hydroxylation is 2. The van der Waals surface area contributed by atoms with Crippen LogP contribution in [0, 0.1) is 13.8 Å². The first-order valence-electron chi connectivity index (χ1n) is 7.22. The van der Waals surface area contributed by atoms with Gasteiger partial charge in [-0.25, -0.2) is 0 Å². The van der Waals surface area contributed by atoms with E-state index in [1.807, 2.05) is 26.0 Å². The van der Waals surface area contributed by atoms with Crippen molar-refractivity contribution in [3.63, 3.8) is 0 Å². The molecule has 0 radical (unpaired) electrons. The molecule has 0 aromatic heterocycles. The first-order chi connectivity index (χ1) is 10.1. The first kappa shape index (κ1) is 16.6. The third-order valence-electron chi connectivity index (χ3n) is 3.55. The third kappa shape index (κ3) is 3.69. The largest absolute Gasteiger partial charge is 0.379 e. The van der Waals surface area contributed by atoms with Crippen LogP contribution in [0.5, 0.6) is 5.75 Å². The Morgan fingerprint density at radius 3 is 2.00 bits per heavy atom. The van der Waals surface area contributed by atoms with Gasteiger partial charge < -0.3 is 4.18 Å². The van der Waals surface area contributed by atoms with Crippen molar-refractivity contribution in [2.24, 2.45) is 0 Å². The molecule has 0 heterocycles. The summed E-state index contributed by atoms with van der Waals surface area (Å²) in [7, 11) is -3.80. The molecule has 0 bridgehead atoms. The van der Waals surface area contributed by atoms with E-state index in [0.29, 0.717) is 5.75 Å². The van der Waals surface area contributed by atoms with Gasteiger partial charge >= 0.3 is 10.1 Å². The fourth-order valence-electron chi connectivity index (χ4n) is 2.08. The normalized spacial score (nSPS) is 12.2. The van der Waals surface area contributed by atoms with E-state index in [-0.39, 0.29) is 10.3 Å². The molecule has 0 saturated heterocycles. The second-order valence-electron chi connectivity index (χ2n) is 6.58. The fourth-order valence-corrected chi connectivity index (χ4v) is 3.07. The maximum atomic E-state index is 12.3. The van der Waals surface area contributed by atoms with E-state index in [1.165, 1.54) is 0 Å². The van der Waals surface area contributed by atoms with Gasteiger partial charge in [0.1, 0.15) is 10.6 Å². The standard InChI is InChI=1S/C18H22O3S/c1-13-6-9-16(10-7-13)22(19,20)21-17-11-8-15(12-14(17)2)18(3,4)5/h6-12H,1-5H3. The summed E-state index contributed by atoms with van der Waals surface area (Å²) in [6.45, 7) is 10.1. The highest BCUT2D eigenvalue weighted by molar-refractivity contribution is 7.87. The average molecular weight is 318 g/mol. The molecule has 118 valence electrons.